The minimum absolute atomic E-state index is 0.00991. The quantitative estimate of drug-likeness (QED) is 0.367. The zero-order valence-electron chi connectivity index (χ0n) is 25.2. The van der Waals surface area contributed by atoms with Crippen molar-refractivity contribution in [1.82, 2.24) is 0 Å². The second-order valence-electron chi connectivity index (χ2n) is 12.9. The molecule has 0 amide bonds. The van der Waals surface area contributed by atoms with Crippen molar-refractivity contribution >= 4 is 11.6 Å². The molecule has 0 bridgehead atoms. The van der Waals surface area contributed by atoms with Gasteiger partial charge in [0.15, 0.2) is 0 Å². The van der Waals surface area contributed by atoms with Crippen LogP contribution in [0.5, 0.6) is 0 Å². The van der Waals surface area contributed by atoms with Gasteiger partial charge in [0, 0.05) is 10.8 Å². The summed E-state index contributed by atoms with van der Waals surface area (Å²) < 4.78 is 0. The van der Waals surface area contributed by atoms with Crippen molar-refractivity contribution in [2.24, 2.45) is 22.2 Å². The van der Waals surface area contributed by atoms with Crippen molar-refractivity contribution in [3.05, 3.63) is 106 Å². The van der Waals surface area contributed by atoms with Crippen molar-refractivity contribution in [3.8, 4) is 0 Å². The van der Waals surface area contributed by atoms with Gasteiger partial charge in [-0.1, -0.05) is 114 Å². The van der Waals surface area contributed by atoms with Crippen molar-refractivity contribution in [2.45, 2.75) is 88.0 Å². The molecule has 0 radical (unpaired) electrons. The van der Waals surface area contributed by atoms with Crippen molar-refractivity contribution in [3.63, 3.8) is 0 Å². The van der Waals surface area contributed by atoms with Gasteiger partial charge in [0.2, 0.25) is 0 Å². The van der Waals surface area contributed by atoms with E-state index in [1.807, 2.05) is 0 Å². The Morgan fingerprint density at radius 1 is 1.05 bits per heavy atom. The molecule has 37 heavy (non-hydrogen) atoms. The maximum Gasteiger partial charge on any atom is 0.0196 e. The average molecular weight is 493 g/mol. The summed E-state index contributed by atoms with van der Waals surface area (Å²) in [5.74, 6) is 0.825. The molecule has 0 saturated carbocycles. The molecule has 0 heteroatoms. The Labute approximate surface area is 227 Å². The molecule has 196 valence electrons. The van der Waals surface area contributed by atoms with E-state index in [2.05, 4.69) is 107 Å². The van der Waals surface area contributed by atoms with Crippen LogP contribution in [0, 0.1) is 29.1 Å². The van der Waals surface area contributed by atoms with Gasteiger partial charge >= 0.3 is 0 Å². The summed E-state index contributed by atoms with van der Waals surface area (Å²) >= 11 is 0. The lowest BCUT2D eigenvalue weighted by Crippen LogP contribution is -2.58. The lowest BCUT2D eigenvalue weighted by molar-refractivity contribution is -0.0260. The van der Waals surface area contributed by atoms with E-state index in [1.54, 1.807) is 0 Å². The van der Waals surface area contributed by atoms with Gasteiger partial charge in [-0.15, -0.1) is 0 Å². The average Bonchev–Trinajstić information content (AvgIpc) is 2.83. The van der Waals surface area contributed by atoms with Crippen molar-refractivity contribution < 1.29 is 0 Å². The molecule has 3 aliphatic carbocycles. The van der Waals surface area contributed by atoms with Gasteiger partial charge in [-0.05, 0) is 102 Å². The van der Waals surface area contributed by atoms with Gasteiger partial charge in [-0.2, -0.15) is 0 Å². The maximum atomic E-state index is 4.84. The van der Waals surface area contributed by atoms with E-state index in [1.165, 1.54) is 55.7 Å². The van der Waals surface area contributed by atoms with Gasteiger partial charge in [0.25, 0.3) is 0 Å². The highest BCUT2D eigenvalue weighted by molar-refractivity contribution is 5.88. The third-order valence-electron chi connectivity index (χ3n) is 11.5. The SMILES string of the molecule is C=C(/C=C/c1ccc2c(c1C)C(=C)C1=C(C)[C@@]3(C)C(=C)C(C(=C)C)=C(C)C[C@@]3(C)[C@H](C)[C@@]1(C)[C@@H]2C)CC. The molecule has 0 N–H and O–H groups in total. The van der Waals surface area contributed by atoms with E-state index in [0.717, 1.165) is 24.0 Å². The third kappa shape index (κ3) is 3.33. The first-order valence-corrected chi connectivity index (χ1v) is 14.1. The highest BCUT2D eigenvalue weighted by Crippen LogP contribution is 2.74. The first kappa shape index (κ1) is 27.4. The van der Waals surface area contributed by atoms with Crippen LogP contribution in [-0.2, 0) is 0 Å². The molecule has 4 rings (SSSR count). The predicted molar refractivity (Wildman–Crippen MR) is 165 cm³/mol. The Morgan fingerprint density at radius 2 is 1.68 bits per heavy atom. The van der Waals surface area contributed by atoms with Gasteiger partial charge in [0.1, 0.15) is 0 Å². The van der Waals surface area contributed by atoms with Crippen LogP contribution in [0.1, 0.15) is 103 Å². The monoisotopic (exact) mass is 492 g/mol. The summed E-state index contributed by atoms with van der Waals surface area (Å²) in [5.41, 5.74) is 15.6. The van der Waals surface area contributed by atoms with E-state index in [-0.39, 0.29) is 16.2 Å². The standard InChI is InChI=1S/C37H48/c1-15-22(4)16-17-30-18-19-31-26(8)36(13)29(11)35(12)20-23(5)32(21(2)3)27(9)37(35,14)28(10)34(36)25(7)33(31)24(30)6/h16-19,26,29H,2,4,7,9,15,20H2,1,3,5-6,8,10-14H3/b17-16+/t26-,29+,35+,36-,37-/m1/s1. The van der Waals surface area contributed by atoms with Gasteiger partial charge in [-0.25, -0.2) is 0 Å². The van der Waals surface area contributed by atoms with Crippen LogP contribution < -0.4 is 0 Å². The number of rotatable bonds is 4. The summed E-state index contributed by atoms with van der Waals surface area (Å²) in [5, 5.41) is 0. The molecule has 0 heterocycles. The van der Waals surface area contributed by atoms with Crippen molar-refractivity contribution in [1.29, 1.82) is 0 Å². The molecule has 1 aromatic rings. The first-order chi connectivity index (χ1) is 17.1. The van der Waals surface area contributed by atoms with E-state index >= 15 is 0 Å². The summed E-state index contributed by atoms with van der Waals surface area (Å²) in [7, 11) is 0. The fourth-order valence-electron chi connectivity index (χ4n) is 8.67. The topological polar surface area (TPSA) is 0 Å². The Hall–Kier alpha value is -2.60. The van der Waals surface area contributed by atoms with E-state index in [0.29, 0.717) is 11.8 Å². The van der Waals surface area contributed by atoms with E-state index in [9.17, 15) is 0 Å². The smallest absolute Gasteiger partial charge is 0.0196 e. The van der Waals surface area contributed by atoms with Gasteiger partial charge in [-0.3, -0.25) is 0 Å². The molecule has 3 aliphatic rings. The molecule has 0 aliphatic heterocycles. The molecule has 0 aromatic heterocycles. The molecule has 0 unspecified atom stereocenters. The van der Waals surface area contributed by atoms with Gasteiger partial charge < -0.3 is 0 Å². The molecular weight excluding hydrogens is 444 g/mol. The Morgan fingerprint density at radius 3 is 2.24 bits per heavy atom. The van der Waals surface area contributed by atoms with Crippen LogP contribution in [0.4, 0.5) is 0 Å². The van der Waals surface area contributed by atoms with Crippen LogP contribution in [0.2, 0.25) is 0 Å². The minimum atomic E-state index is -0.153. The van der Waals surface area contributed by atoms with E-state index < -0.39 is 0 Å². The molecular formula is C37H48. The molecule has 0 saturated heterocycles. The van der Waals surface area contributed by atoms with Crippen LogP contribution >= 0.6 is 0 Å². The van der Waals surface area contributed by atoms with Crippen LogP contribution in [-0.4, -0.2) is 0 Å². The summed E-state index contributed by atoms with van der Waals surface area (Å²) in [6.45, 7) is 41.9. The molecule has 5 atom stereocenters. The second-order valence-corrected chi connectivity index (χ2v) is 12.9. The summed E-state index contributed by atoms with van der Waals surface area (Å²) in [4.78, 5) is 0. The number of fused-ring (bicyclic) bond motifs is 3. The normalized spacial score (nSPS) is 33.5. The maximum absolute atomic E-state index is 4.84. The molecule has 0 nitrogen and oxygen atoms in total. The summed E-state index contributed by atoms with van der Waals surface area (Å²) in [6.07, 6.45) is 6.43. The largest absolute Gasteiger partial charge is 0.0958 e. The fourth-order valence-corrected chi connectivity index (χ4v) is 8.67. The highest BCUT2D eigenvalue weighted by atomic mass is 14.7. The zero-order valence-corrected chi connectivity index (χ0v) is 25.2. The molecule has 0 fully saturated rings. The van der Waals surface area contributed by atoms with Crippen LogP contribution in [0.3, 0.4) is 0 Å². The second kappa shape index (κ2) is 8.72. The highest BCUT2D eigenvalue weighted by Gasteiger charge is 2.64. The lowest BCUT2D eigenvalue weighted by Gasteiger charge is -2.67. The summed E-state index contributed by atoms with van der Waals surface area (Å²) in [6, 6.07) is 4.67. The predicted octanol–water partition coefficient (Wildman–Crippen LogP) is 10.9. The Kier molecular flexibility index (Phi) is 6.47. The number of benzene rings is 1. The molecule has 1 aromatic carbocycles. The lowest BCUT2D eigenvalue weighted by atomic mass is 9.37. The Balaban J connectivity index is 2.03. The number of allylic oxidation sites excluding steroid dienone is 9. The third-order valence-corrected chi connectivity index (χ3v) is 11.5. The fraction of sp³-hybridized carbons (Fsp3) is 0.459. The number of hydrogen-bond acceptors (Lipinski definition) is 0. The Bertz CT molecular complexity index is 1350. The van der Waals surface area contributed by atoms with Crippen LogP contribution in [0.15, 0.2) is 83.5 Å². The minimum Gasteiger partial charge on any atom is -0.0958 e. The van der Waals surface area contributed by atoms with E-state index in [4.69, 9.17) is 13.2 Å². The first-order valence-electron chi connectivity index (χ1n) is 14.1. The number of hydrogen-bond donors (Lipinski definition) is 0. The van der Waals surface area contributed by atoms with Gasteiger partial charge in [0.05, 0.1) is 0 Å². The zero-order chi connectivity index (χ0) is 27.8. The van der Waals surface area contributed by atoms with Crippen LogP contribution in [0.25, 0.3) is 11.6 Å². The molecule has 0 spiro atoms. The van der Waals surface area contributed by atoms with Crippen molar-refractivity contribution in [2.75, 3.05) is 0 Å².